The molecule has 1 N–H and O–H groups in total. The van der Waals surface area contributed by atoms with Crippen molar-refractivity contribution in [1.29, 1.82) is 0 Å². The van der Waals surface area contributed by atoms with E-state index in [-0.39, 0.29) is 10.7 Å². The molecule has 0 aromatic carbocycles. The molecule has 1 rings (SSSR count). The molecule has 0 aliphatic rings. The number of rotatable bonds is 1. The van der Waals surface area contributed by atoms with E-state index in [1.165, 1.54) is 7.05 Å². The minimum atomic E-state index is -1.25. The summed E-state index contributed by atoms with van der Waals surface area (Å²) in [6.45, 7) is 0. The van der Waals surface area contributed by atoms with Crippen LogP contribution in [0.25, 0.3) is 0 Å². The van der Waals surface area contributed by atoms with Crippen LogP contribution in [0.1, 0.15) is 10.5 Å². The second-order valence-corrected chi connectivity index (χ2v) is 2.52. The topological polar surface area (TPSA) is 72.2 Å². The van der Waals surface area contributed by atoms with Crippen molar-refractivity contribution in [3.8, 4) is 0 Å². The number of aromatic carboxylic acids is 1. The van der Waals surface area contributed by atoms with Gasteiger partial charge in [0.2, 0.25) is 0 Å². The van der Waals surface area contributed by atoms with Crippen molar-refractivity contribution in [2.75, 3.05) is 0 Å². The molecule has 1 aromatic rings. The highest BCUT2D eigenvalue weighted by molar-refractivity contribution is 6.33. The molecule has 0 amide bonds. The molecule has 0 bridgehead atoms. The lowest BCUT2D eigenvalue weighted by molar-refractivity contribution is 0.0688. The van der Waals surface area contributed by atoms with Crippen molar-refractivity contribution >= 4 is 17.6 Å². The molecular weight excluding hydrogens is 184 g/mol. The van der Waals surface area contributed by atoms with Gasteiger partial charge in [0.15, 0.2) is 5.69 Å². The monoisotopic (exact) mass is 188 g/mol. The summed E-state index contributed by atoms with van der Waals surface area (Å²) >= 11 is 5.44. The first-order valence-electron chi connectivity index (χ1n) is 2.99. The average molecular weight is 189 g/mol. The predicted octanol–water partition coefficient (Wildman–Crippen LogP) is 0.132. The fourth-order valence-electron chi connectivity index (χ4n) is 0.662. The molecule has 0 aliphatic carbocycles. The molecule has 0 unspecified atom stereocenters. The molecule has 1 aromatic heterocycles. The summed E-state index contributed by atoms with van der Waals surface area (Å²) in [5.74, 6) is -1.25. The van der Waals surface area contributed by atoms with Gasteiger partial charge in [-0.1, -0.05) is 11.6 Å². The predicted molar refractivity (Wildman–Crippen MR) is 41.4 cm³/mol. The molecule has 0 radical (unpaired) electrons. The minimum Gasteiger partial charge on any atom is -0.476 e. The molecule has 0 saturated carbocycles. The van der Waals surface area contributed by atoms with Gasteiger partial charge >= 0.3 is 5.97 Å². The first kappa shape index (κ1) is 8.73. The summed E-state index contributed by atoms with van der Waals surface area (Å²) in [5, 5.41) is 11.8. The van der Waals surface area contributed by atoms with Crippen molar-refractivity contribution in [1.82, 2.24) is 9.78 Å². The summed E-state index contributed by atoms with van der Waals surface area (Å²) in [6, 6.07) is 1.01. The Morgan fingerprint density at radius 3 is 2.83 bits per heavy atom. The lowest BCUT2D eigenvalue weighted by Crippen LogP contribution is -2.21. The molecule has 1 heterocycles. The third kappa shape index (κ3) is 1.45. The van der Waals surface area contributed by atoms with Crippen LogP contribution in [0, 0.1) is 0 Å². The maximum absolute atomic E-state index is 10.8. The van der Waals surface area contributed by atoms with Crippen LogP contribution >= 0.6 is 11.6 Å². The van der Waals surface area contributed by atoms with E-state index in [9.17, 15) is 9.59 Å². The first-order valence-corrected chi connectivity index (χ1v) is 3.37. The van der Waals surface area contributed by atoms with Gasteiger partial charge in [-0.2, -0.15) is 5.10 Å². The highest BCUT2D eigenvalue weighted by atomic mass is 35.5. The zero-order chi connectivity index (χ0) is 9.30. The zero-order valence-electron chi connectivity index (χ0n) is 6.11. The Labute approximate surface area is 72.2 Å². The maximum Gasteiger partial charge on any atom is 0.357 e. The Bertz CT molecular complexity index is 385. The van der Waals surface area contributed by atoms with E-state index in [2.05, 4.69) is 5.10 Å². The van der Waals surface area contributed by atoms with Crippen LogP contribution in [0.3, 0.4) is 0 Å². The van der Waals surface area contributed by atoms with Crippen molar-refractivity contribution < 1.29 is 9.90 Å². The Morgan fingerprint density at radius 1 is 1.75 bits per heavy atom. The van der Waals surface area contributed by atoms with Crippen molar-refractivity contribution in [3.05, 3.63) is 27.1 Å². The van der Waals surface area contributed by atoms with Gasteiger partial charge in [-0.15, -0.1) is 0 Å². The lowest BCUT2D eigenvalue weighted by Gasteiger charge is -1.98. The Hall–Kier alpha value is -1.36. The number of carbonyl (C=O) groups is 1. The van der Waals surface area contributed by atoms with Crippen molar-refractivity contribution in [2.24, 2.45) is 7.05 Å². The van der Waals surface area contributed by atoms with E-state index in [1.807, 2.05) is 0 Å². The number of hydrogen-bond acceptors (Lipinski definition) is 3. The number of nitrogens with zero attached hydrogens (tertiary/aromatic N) is 2. The second kappa shape index (κ2) is 2.94. The van der Waals surface area contributed by atoms with Crippen LogP contribution < -0.4 is 5.56 Å². The van der Waals surface area contributed by atoms with Crippen LogP contribution in [0.15, 0.2) is 10.9 Å². The number of hydrogen-bond donors (Lipinski definition) is 1. The van der Waals surface area contributed by atoms with Crippen LogP contribution in [-0.4, -0.2) is 20.9 Å². The SMILES string of the molecule is Cn1nc(C(=O)O)c(Cl)cc1=O. The summed E-state index contributed by atoms with van der Waals surface area (Å²) < 4.78 is 0.912. The molecule has 0 atom stereocenters. The largest absolute Gasteiger partial charge is 0.476 e. The normalized spacial score (nSPS) is 9.83. The van der Waals surface area contributed by atoms with Crippen LogP contribution in [0.2, 0.25) is 5.02 Å². The zero-order valence-corrected chi connectivity index (χ0v) is 6.87. The van der Waals surface area contributed by atoms with Gasteiger partial charge in [-0.25, -0.2) is 9.48 Å². The average Bonchev–Trinajstić information content (AvgIpc) is 1.96. The summed E-state index contributed by atoms with van der Waals surface area (Å²) in [7, 11) is 1.35. The molecule has 0 spiro atoms. The van der Waals surface area contributed by atoms with Gasteiger partial charge in [-0.05, 0) is 0 Å². The molecule has 0 saturated heterocycles. The van der Waals surface area contributed by atoms with E-state index in [0.717, 1.165) is 10.7 Å². The fraction of sp³-hybridized carbons (Fsp3) is 0.167. The van der Waals surface area contributed by atoms with Crippen LogP contribution in [0.5, 0.6) is 0 Å². The van der Waals surface area contributed by atoms with E-state index < -0.39 is 11.5 Å². The quantitative estimate of drug-likeness (QED) is 0.680. The molecule has 0 fully saturated rings. The first-order chi connectivity index (χ1) is 5.52. The van der Waals surface area contributed by atoms with Gasteiger partial charge in [0.25, 0.3) is 5.56 Å². The van der Waals surface area contributed by atoms with Crippen molar-refractivity contribution in [3.63, 3.8) is 0 Å². The van der Waals surface area contributed by atoms with E-state index in [0.29, 0.717) is 0 Å². The Balaban J connectivity index is 3.43. The second-order valence-electron chi connectivity index (χ2n) is 2.11. The summed E-state index contributed by atoms with van der Waals surface area (Å²) in [6.07, 6.45) is 0. The van der Waals surface area contributed by atoms with E-state index in [4.69, 9.17) is 16.7 Å². The van der Waals surface area contributed by atoms with E-state index >= 15 is 0 Å². The molecule has 5 nitrogen and oxygen atoms in total. The Morgan fingerprint density at radius 2 is 2.33 bits per heavy atom. The maximum atomic E-state index is 10.8. The fourth-order valence-corrected chi connectivity index (χ4v) is 0.874. The van der Waals surface area contributed by atoms with Crippen LogP contribution in [0.4, 0.5) is 0 Å². The molecule has 0 aliphatic heterocycles. The van der Waals surface area contributed by atoms with Gasteiger partial charge in [0.05, 0.1) is 5.02 Å². The Kier molecular flexibility index (Phi) is 2.14. The standard InChI is InChI=1S/C6H5ClN2O3/c1-9-4(10)2-3(7)5(8-9)6(11)12/h2H,1H3,(H,11,12). The van der Waals surface area contributed by atoms with Gasteiger partial charge in [-0.3, -0.25) is 4.79 Å². The highest BCUT2D eigenvalue weighted by Crippen LogP contribution is 2.08. The molecule has 64 valence electrons. The number of aromatic nitrogens is 2. The summed E-state index contributed by atoms with van der Waals surface area (Å²) in [5.41, 5.74) is -0.760. The molecular formula is C6H5ClN2O3. The minimum absolute atomic E-state index is 0.148. The number of halogens is 1. The summed E-state index contributed by atoms with van der Waals surface area (Å²) in [4.78, 5) is 21.3. The van der Waals surface area contributed by atoms with Gasteiger partial charge in [0.1, 0.15) is 0 Å². The molecule has 12 heavy (non-hydrogen) atoms. The van der Waals surface area contributed by atoms with Gasteiger partial charge in [0, 0.05) is 13.1 Å². The van der Waals surface area contributed by atoms with Gasteiger partial charge < -0.3 is 5.11 Å². The van der Waals surface area contributed by atoms with Crippen LogP contribution in [-0.2, 0) is 7.05 Å². The number of carboxylic acid groups (broad SMARTS) is 1. The smallest absolute Gasteiger partial charge is 0.357 e. The molecule has 6 heteroatoms. The van der Waals surface area contributed by atoms with E-state index in [1.54, 1.807) is 0 Å². The highest BCUT2D eigenvalue weighted by Gasteiger charge is 2.11. The third-order valence-electron chi connectivity index (χ3n) is 1.25. The third-order valence-corrected chi connectivity index (χ3v) is 1.54. The number of aryl methyl sites for hydroxylation is 1. The number of carboxylic acids is 1. The lowest BCUT2D eigenvalue weighted by atomic mass is 10.4. The van der Waals surface area contributed by atoms with Crippen molar-refractivity contribution in [2.45, 2.75) is 0 Å².